The van der Waals surface area contributed by atoms with Crippen molar-refractivity contribution < 1.29 is 22.6 Å². The number of rotatable bonds is 4. The van der Waals surface area contributed by atoms with E-state index in [-0.39, 0.29) is 12.4 Å². The SMILES string of the molecule is FC(F)(F)Oc1ccc(OCc2n[nH]c(=S)s2)cc1. The first-order valence-corrected chi connectivity index (χ1v) is 6.18. The molecule has 1 aromatic heterocycles. The summed E-state index contributed by atoms with van der Waals surface area (Å²) in [6.45, 7) is 0.192. The molecule has 1 heterocycles. The number of nitrogens with one attached hydrogen (secondary N) is 1. The van der Waals surface area contributed by atoms with E-state index in [9.17, 15) is 13.2 Å². The fourth-order valence-corrected chi connectivity index (χ4v) is 2.05. The third kappa shape index (κ3) is 4.52. The molecule has 0 fully saturated rings. The highest BCUT2D eigenvalue weighted by atomic mass is 32.1. The highest BCUT2D eigenvalue weighted by Gasteiger charge is 2.30. The van der Waals surface area contributed by atoms with Crippen molar-refractivity contribution in [3.8, 4) is 11.5 Å². The summed E-state index contributed by atoms with van der Waals surface area (Å²) in [4.78, 5) is 0. The van der Waals surface area contributed by atoms with Crippen LogP contribution in [0.3, 0.4) is 0 Å². The molecule has 102 valence electrons. The summed E-state index contributed by atoms with van der Waals surface area (Å²) in [5.74, 6) is 0.117. The molecule has 2 aromatic rings. The van der Waals surface area contributed by atoms with Crippen LogP contribution in [0.4, 0.5) is 13.2 Å². The van der Waals surface area contributed by atoms with Gasteiger partial charge in [-0.15, -0.1) is 13.2 Å². The molecular formula is C10H7F3N2O2S2. The van der Waals surface area contributed by atoms with E-state index < -0.39 is 6.36 Å². The summed E-state index contributed by atoms with van der Waals surface area (Å²) in [6, 6.07) is 5.12. The van der Waals surface area contributed by atoms with Gasteiger partial charge < -0.3 is 9.47 Å². The molecule has 0 radical (unpaired) electrons. The Morgan fingerprint density at radius 3 is 2.37 bits per heavy atom. The molecule has 0 aliphatic heterocycles. The van der Waals surface area contributed by atoms with E-state index in [0.717, 1.165) is 0 Å². The van der Waals surface area contributed by atoms with Gasteiger partial charge in [0.15, 0.2) is 8.96 Å². The predicted molar refractivity (Wildman–Crippen MR) is 64.8 cm³/mol. The van der Waals surface area contributed by atoms with Crippen LogP contribution in [0.5, 0.6) is 11.5 Å². The van der Waals surface area contributed by atoms with E-state index in [0.29, 0.717) is 14.7 Å². The number of benzene rings is 1. The summed E-state index contributed by atoms with van der Waals surface area (Å²) in [5, 5.41) is 7.14. The largest absolute Gasteiger partial charge is 0.573 e. The number of nitrogens with zero attached hydrogens (tertiary/aromatic N) is 1. The van der Waals surface area contributed by atoms with Crippen LogP contribution in [0.2, 0.25) is 0 Å². The lowest BCUT2D eigenvalue weighted by Crippen LogP contribution is -2.16. The molecule has 0 aliphatic rings. The van der Waals surface area contributed by atoms with Crippen molar-refractivity contribution in [1.82, 2.24) is 10.2 Å². The van der Waals surface area contributed by atoms with Gasteiger partial charge in [0, 0.05) is 0 Å². The van der Waals surface area contributed by atoms with Gasteiger partial charge in [-0.1, -0.05) is 11.3 Å². The van der Waals surface area contributed by atoms with Crippen LogP contribution >= 0.6 is 23.6 Å². The van der Waals surface area contributed by atoms with Gasteiger partial charge in [-0.25, -0.2) is 0 Å². The Bertz CT molecular complexity index is 592. The molecule has 2 rings (SSSR count). The van der Waals surface area contributed by atoms with Crippen molar-refractivity contribution >= 4 is 23.6 Å². The zero-order chi connectivity index (χ0) is 13.9. The molecule has 9 heteroatoms. The first-order chi connectivity index (χ1) is 8.92. The highest BCUT2D eigenvalue weighted by molar-refractivity contribution is 7.73. The second-order valence-electron chi connectivity index (χ2n) is 3.31. The minimum Gasteiger partial charge on any atom is -0.486 e. The molecule has 0 saturated heterocycles. The van der Waals surface area contributed by atoms with Crippen LogP contribution in [-0.2, 0) is 6.61 Å². The Labute approximate surface area is 114 Å². The van der Waals surface area contributed by atoms with E-state index in [1.165, 1.54) is 35.6 Å². The van der Waals surface area contributed by atoms with Gasteiger partial charge in [-0.3, -0.25) is 5.10 Å². The van der Waals surface area contributed by atoms with E-state index in [2.05, 4.69) is 14.9 Å². The number of halogens is 3. The second-order valence-corrected chi connectivity index (χ2v) is 5.07. The van der Waals surface area contributed by atoms with Crippen LogP contribution in [0, 0.1) is 3.95 Å². The van der Waals surface area contributed by atoms with Crippen LogP contribution < -0.4 is 9.47 Å². The minimum atomic E-state index is -4.70. The molecule has 0 unspecified atom stereocenters. The number of alkyl halides is 3. The molecule has 0 bridgehead atoms. The van der Waals surface area contributed by atoms with Gasteiger partial charge in [0.2, 0.25) is 0 Å². The number of aromatic nitrogens is 2. The number of hydrogen-bond acceptors (Lipinski definition) is 5. The first kappa shape index (κ1) is 13.8. The average molecular weight is 308 g/mol. The summed E-state index contributed by atoms with van der Waals surface area (Å²) in [6.07, 6.45) is -4.70. The van der Waals surface area contributed by atoms with Crippen LogP contribution in [0.15, 0.2) is 24.3 Å². The predicted octanol–water partition coefficient (Wildman–Crippen LogP) is 3.68. The maximum atomic E-state index is 11.9. The first-order valence-electron chi connectivity index (χ1n) is 4.95. The van der Waals surface area contributed by atoms with Crippen LogP contribution in [0.25, 0.3) is 0 Å². The minimum absolute atomic E-state index is 0.192. The molecule has 0 aliphatic carbocycles. The Kier molecular flexibility index (Phi) is 4.05. The number of H-pyrrole nitrogens is 1. The normalized spacial score (nSPS) is 11.3. The summed E-state index contributed by atoms with van der Waals surface area (Å²) in [7, 11) is 0. The van der Waals surface area contributed by atoms with Crippen LogP contribution in [-0.4, -0.2) is 16.6 Å². The van der Waals surface area contributed by atoms with Crippen molar-refractivity contribution in [2.75, 3.05) is 0 Å². The zero-order valence-electron chi connectivity index (χ0n) is 9.23. The Hall–Kier alpha value is -1.61. The summed E-state index contributed by atoms with van der Waals surface area (Å²) < 4.78 is 45.4. The van der Waals surface area contributed by atoms with E-state index in [1.807, 2.05) is 0 Å². The number of hydrogen-bond donors (Lipinski definition) is 1. The van der Waals surface area contributed by atoms with Gasteiger partial charge in [-0.2, -0.15) is 5.10 Å². The second kappa shape index (κ2) is 5.57. The van der Waals surface area contributed by atoms with Crippen molar-refractivity contribution in [1.29, 1.82) is 0 Å². The Morgan fingerprint density at radius 1 is 1.21 bits per heavy atom. The van der Waals surface area contributed by atoms with Crippen molar-refractivity contribution in [3.05, 3.63) is 33.2 Å². The van der Waals surface area contributed by atoms with Gasteiger partial charge in [0.1, 0.15) is 18.1 Å². The van der Waals surface area contributed by atoms with Gasteiger partial charge >= 0.3 is 6.36 Å². The smallest absolute Gasteiger partial charge is 0.486 e. The summed E-state index contributed by atoms with van der Waals surface area (Å²) >= 11 is 6.12. The van der Waals surface area contributed by atoms with Crippen LogP contribution in [0.1, 0.15) is 5.01 Å². The van der Waals surface area contributed by atoms with E-state index in [4.69, 9.17) is 17.0 Å². The van der Waals surface area contributed by atoms with E-state index in [1.54, 1.807) is 0 Å². The Morgan fingerprint density at radius 2 is 1.84 bits per heavy atom. The van der Waals surface area contributed by atoms with Crippen molar-refractivity contribution in [2.45, 2.75) is 13.0 Å². The maximum absolute atomic E-state index is 11.9. The molecule has 0 amide bonds. The standard InChI is InChI=1S/C10H7F3N2O2S2/c11-10(12,13)17-7-3-1-6(2-4-7)16-5-8-14-15-9(18)19-8/h1-4H,5H2,(H,15,18). The highest BCUT2D eigenvalue weighted by Crippen LogP contribution is 2.25. The quantitative estimate of drug-likeness (QED) is 0.875. The summed E-state index contributed by atoms with van der Waals surface area (Å²) in [5.41, 5.74) is 0. The zero-order valence-corrected chi connectivity index (χ0v) is 10.9. The Balaban J connectivity index is 1.93. The maximum Gasteiger partial charge on any atom is 0.573 e. The molecule has 19 heavy (non-hydrogen) atoms. The number of ether oxygens (including phenoxy) is 2. The molecular weight excluding hydrogens is 301 g/mol. The topological polar surface area (TPSA) is 47.1 Å². The fourth-order valence-electron chi connectivity index (χ4n) is 1.20. The molecule has 0 saturated carbocycles. The lowest BCUT2D eigenvalue weighted by Gasteiger charge is -2.09. The lowest BCUT2D eigenvalue weighted by molar-refractivity contribution is -0.274. The molecule has 1 N–H and O–H groups in total. The van der Waals surface area contributed by atoms with Crippen molar-refractivity contribution in [3.63, 3.8) is 0 Å². The molecule has 4 nitrogen and oxygen atoms in total. The van der Waals surface area contributed by atoms with E-state index >= 15 is 0 Å². The molecule has 1 aromatic carbocycles. The van der Waals surface area contributed by atoms with Crippen molar-refractivity contribution in [2.24, 2.45) is 0 Å². The van der Waals surface area contributed by atoms with Gasteiger partial charge in [-0.05, 0) is 36.5 Å². The fraction of sp³-hybridized carbons (Fsp3) is 0.200. The van der Waals surface area contributed by atoms with Gasteiger partial charge in [0.05, 0.1) is 0 Å². The third-order valence-corrected chi connectivity index (χ3v) is 2.96. The molecule has 0 atom stereocenters. The number of aromatic amines is 1. The van der Waals surface area contributed by atoms with Gasteiger partial charge in [0.25, 0.3) is 0 Å². The molecule has 0 spiro atoms. The third-order valence-electron chi connectivity index (χ3n) is 1.90. The lowest BCUT2D eigenvalue weighted by atomic mass is 10.3. The monoisotopic (exact) mass is 308 g/mol. The average Bonchev–Trinajstić information content (AvgIpc) is 2.72.